The molecule has 0 aliphatic rings. The molecule has 0 radical (unpaired) electrons. The van der Waals surface area contributed by atoms with Gasteiger partial charge in [-0.15, -0.1) is 0 Å². The van der Waals surface area contributed by atoms with Gasteiger partial charge in [-0.25, -0.2) is 0 Å². The first-order valence-electron chi connectivity index (χ1n) is 4.48. The maximum atomic E-state index is 5.64. The van der Waals surface area contributed by atoms with Crippen LogP contribution in [0.15, 0.2) is 35.1 Å². The van der Waals surface area contributed by atoms with E-state index in [1.165, 1.54) is 0 Å². The van der Waals surface area contributed by atoms with Crippen LogP contribution >= 0.6 is 0 Å². The lowest BCUT2D eigenvalue weighted by Crippen LogP contribution is -1.85. The maximum Gasteiger partial charge on any atom is 0.154 e. The number of furan rings is 1. The van der Waals surface area contributed by atoms with Crippen molar-refractivity contribution in [2.24, 2.45) is 0 Å². The average molecular weight is 200 g/mol. The second-order valence-electron chi connectivity index (χ2n) is 3.20. The van der Waals surface area contributed by atoms with Crippen molar-refractivity contribution in [1.29, 1.82) is 0 Å². The van der Waals surface area contributed by atoms with E-state index in [9.17, 15) is 0 Å². The number of nitrogens with zero attached hydrogens (tertiary/aromatic N) is 2. The first kappa shape index (κ1) is 8.05. The number of anilines is 1. The molecule has 3 N–H and O–H groups in total. The SMILES string of the molecule is Nc1n[nH]c2cc(-c3ccco3)ncc12. The number of rotatable bonds is 1. The van der Waals surface area contributed by atoms with Crippen molar-refractivity contribution < 1.29 is 4.42 Å². The third kappa shape index (κ3) is 1.17. The van der Waals surface area contributed by atoms with Crippen LogP contribution in [-0.4, -0.2) is 15.2 Å². The molecule has 0 saturated carbocycles. The van der Waals surface area contributed by atoms with Crippen molar-refractivity contribution in [1.82, 2.24) is 15.2 Å². The van der Waals surface area contributed by atoms with Gasteiger partial charge < -0.3 is 10.2 Å². The maximum absolute atomic E-state index is 5.64. The van der Waals surface area contributed by atoms with Crippen molar-refractivity contribution in [2.75, 3.05) is 5.73 Å². The van der Waals surface area contributed by atoms with Gasteiger partial charge in [0, 0.05) is 6.20 Å². The number of aromatic amines is 1. The van der Waals surface area contributed by atoms with Crippen LogP contribution in [0.25, 0.3) is 22.4 Å². The molecule has 0 aliphatic carbocycles. The monoisotopic (exact) mass is 200 g/mol. The van der Waals surface area contributed by atoms with Gasteiger partial charge in [-0.2, -0.15) is 5.10 Å². The third-order valence-corrected chi connectivity index (χ3v) is 2.25. The summed E-state index contributed by atoms with van der Waals surface area (Å²) in [7, 11) is 0. The standard InChI is InChI=1S/C10H8N4O/c11-10-6-5-12-8(4-7(6)13-14-10)9-2-1-3-15-9/h1-5H,(H3,11,13,14). The minimum Gasteiger partial charge on any atom is -0.463 e. The fourth-order valence-electron chi connectivity index (χ4n) is 1.49. The molecule has 3 heterocycles. The molecule has 3 aromatic rings. The molecule has 5 heteroatoms. The number of hydrogen-bond donors (Lipinski definition) is 2. The molecule has 3 aromatic heterocycles. The number of pyridine rings is 1. The van der Waals surface area contributed by atoms with E-state index in [4.69, 9.17) is 10.2 Å². The van der Waals surface area contributed by atoms with Gasteiger partial charge in [0.1, 0.15) is 5.69 Å². The van der Waals surface area contributed by atoms with Crippen LogP contribution in [0.5, 0.6) is 0 Å². The quantitative estimate of drug-likeness (QED) is 0.627. The molecule has 0 bridgehead atoms. The fraction of sp³-hybridized carbons (Fsp3) is 0. The predicted molar refractivity (Wildman–Crippen MR) is 56.0 cm³/mol. The molecule has 0 aliphatic heterocycles. The van der Waals surface area contributed by atoms with Gasteiger partial charge in [-0.05, 0) is 18.2 Å². The molecular formula is C10H8N4O. The number of hydrogen-bond acceptors (Lipinski definition) is 4. The molecule has 0 spiro atoms. The van der Waals surface area contributed by atoms with E-state index in [2.05, 4.69) is 15.2 Å². The number of nitrogen functional groups attached to an aromatic ring is 1. The number of nitrogens with two attached hydrogens (primary N) is 1. The number of nitrogens with one attached hydrogen (secondary N) is 1. The largest absolute Gasteiger partial charge is 0.463 e. The van der Waals surface area contributed by atoms with Gasteiger partial charge >= 0.3 is 0 Å². The number of aromatic nitrogens is 3. The molecule has 3 rings (SSSR count). The van der Waals surface area contributed by atoms with E-state index in [1.54, 1.807) is 12.5 Å². The molecule has 0 atom stereocenters. The third-order valence-electron chi connectivity index (χ3n) is 2.25. The second-order valence-corrected chi connectivity index (χ2v) is 3.20. The predicted octanol–water partition coefficient (Wildman–Crippen LogP) is 1.80. The van der Waals surface area contributed by atoms with Crippen LogP contribution in [0.2, 0.25) is 0 Å². The van der Waals surface area contributed by atoms with Gasteiger partial charge in [0.15, 0.2) is 11.6 Å². The van der Waals surface area contributed by atoms with Crippen LogP contribution in [-0.2, 0) is 0 Å². The molecule has 0 amide bonds. The highest BCUT2D eigenvalue weighted by atomic mass is 16.3. The van der Waals surface area contributed by atoms with Crippen molar-refractivity contribution >= 4 is 16.7 Å². The summed E-state index contributed by atoms with van der Waals surface area (Å²) in [6.45, 7) is 0. The van der Waals surface area contributed by atoms with E-state index in [-0.39, 0.29) is 0 Å². The Bertz CT molecular complexity index is 597. The molecule has 15 heavy (non-hydrogen) atoms. The Labute approximate surface area is 84.9 Å². The molecule has 0 unspecified atom stereocenters. The van der Waals surface area contributed by atoms with E-state index in [1.807, 2.05) is 18.2 Å². The Kier molecular flexibility index (Phi) is 1.53. The van der Waals surface area contributed by atoms with Gasteiger partial charge in [-0.3, -0.25) is 10.1 Å². The lowest BCUT2D eigenvalue weighted by Gasteiger charge is -1.95. The molecule has 5 nitrogen and oxygen atoms in total. The summed E-state index contributed by atoms with van der Waals surface area (Å²) in [5.74, 6) is 1.19. The lowest BCUT2D eigenvalue weighted by molar-refractivity contribution is 0.580. The van der Waals surface area contributed by atoms with E-state index >= 15 is 0 Å². The van der Waals surface area contributed by atoms with Crippen LogP contribution in [0.3, 0.4) is 0 Å². The summed E-state index contributed by atoms with van der Waals surface area (Å²) in [4.78, 5) is 4.25. The molecule has 0 saturated heterocycles. The van der Waals surface area contributed by atoms with Crippen LogP contribution in [0.1, 0.15) is 0 Å². The zero-order chi connectivity index (χ0) is 10.3. The van der Waals surface area contributed by atoms with Gasteiger partial charge in [-0.1, -0.05) is 0 Å². The fourth-order valence-corrected chi connectivity index (χ4v) is 1.49. The number of H-pyrrole nitrogens is 1. The first-order chi connectivity index (χ1) is 7.34. The highest BCUT2D eigenvalue weighted by Gasteiger charge is 2.06. The average Bonchev–Trinajstić information content (AvgIpc) is 2.88. The topological polar surface area (TPSA) is 80.7 Å². The van der Waals surface area contributed by atoms with Gasteiger partial charge in [0.05, 0.1) is 17.2 Å². The van der Waals surface area contributed by atoms with E-state index < -0.39 is 0 Å². The highest BCUT2D eigenvalue weighted by Crippen LogP contribution is 2.23. The summed E-state index contributed by atoms with van der Waals surface area (Å²) in [5, 5.41) is 7.56. The van der Waals surface area contributed by atoms with Crippen molar-refractivity contribution in [2.45, 2.75) is 0 Å². The minimum absolute atomic E-state index is 0.462. The van der Waals surface area contributed by atoms with Crippen LogP contribution in [0, 0.1) is 0 Å². The Hall–Kier alpha value is -2.30. The van der Waals surface area contributed by atoms with Gasteiger partial charge in [0.2, 0.25) is 0 Å². The van der Waals surface area contributed by atoms with Crippen molar-refractivity contribution in [3.8, 4) is 11.5 Å². The normalized spacial score (nSPS) is 10.9. The zero-order valence-electron chi connectivity index (χ0n) is 7.77. The summed E-state index contributed by atoms with van der Waals surface area (Å²) < 4.78 is 5.25. The van der Waals surface area contributed by atoms with E-state index in [0.717, 1.165) is 22.4 Å². The number of fused-ring (bicyclic) bond motifs is 1. The Balaban J connectivity index is 2.23. The summed E-state index contributed by atoms with van der Waals surface area (Å²) in [6.07, 6.45) is 3.30. The Morgan fingerprint density at radius 2 is 2.33 bits per heavy atom. The van der Waals surface area contributed by atoms with Crippen LogP contribution in [0.4, 0.5) is 5.82 Å². The second kappa shape index (κ2) is 2.84. The van der Waals surface area contributed by atoms with E-state index in [0.29, 0.717) is 5.82 Å². The lowest BCUT2D eigenvalue weighted by atomic mass is 10.2. The smallest absolute Gasteiger partial charge is 0.154 e. The van der Waals surface area contributed by atoms with Crippen LogP contribution < -0.4 is 5.73 Å². The Morgan fingerprint density at radius 1 is 1.40 bits per heavy atom. The molecule has 0 fully saturated rings. The Morgan fingerprint density at radius 3 is 3.13 bits per heavy atom. The summed E-state index contributed by atoms with van der Waals surface area (Å²) >= 11 is 0. The minimum atomic E-state index is 0.462. The molecule has 0 aromatic carbocycles. The molecular weight excluding hydrogens is 192 g/mol. The first-order valence-corrected chi connectivity index (χ1v) is 4.48. The zero-order valence-corrected chi connectivity index (χ0v) is 7.77. The van der Waals surface area contributed by atoms with Gasteiger partial charge in [0.25, 0.3) is 0 Å². The van der Waals surface area contributed by atoms with Crippen molar-refractivity contribution in [3.63, 3.8) is 0 Å². The highest BCUT2D eigenvalue weighted by molar-refractivity contribution is 5.89. The molecule has 74 valence electrons. The summed E-state index contributed by atoms with van der Waals surface area (Å²) in [5.41, 5.74) is 7.25. The van der Waals surface area contributed by atoms with Crippen molar-refractivity contribution in [3.05, 3.63) is 30.7 Å². The summed E-state index contributed by atoms with van der Waals surface area (Å²) in [6, 6.07) is 5.54.